The highest BCUT2D eigenvalue weighted by molar-refractivity contribution is 7.89. The van der Waals surface area contributed by atoms with Crippen molar-refractivity contribution in [1.82, 2.24) is 9.71 Å². The van der Waals surface area contributed by atoms with E-state index in [2.05, 4.69) is 9.71 Å². The summed E-state index contributed by atoms with van der Waals surface area (Å²) in [5.74, 6) is 0.0333. The van der Waals surface area contributed by atoms with Gasteiger partial charge in [0.05, 0.1) is 5.75 Å². The first-order valence-electron chi connectivity index (χ1n) is 7.53. The van der Waals surface area contributed by atoms with Gasteiger partial charge in [-0.3, -0.25) is 4.98 Å². The van der Waals surface area contributed by atoms with E-state index >= 15 is 0 Å². The molecule has 0 aromatic carbocycles. The van der Waals surface area contributed by atoms with Crippen molar-refractivity contribution in [3.63, 3.8) is 0 Å². The van der Waals surface area contributed by atoms with Crippen LogP contribution in [-0.4, -0.2) is 37.4 Å². The van der Waals surface area contributed by atoms with E-state index in [0.29, 0.717) is 13.0 Å². The number of aliphatic hydroxyl groups excluding tert-OH is 1. The second kappa shape index (κ2) is 7.33. The third-order valence-corrected chi connectivity index (χ3v) is 5.60. The number of pyridine rings is 1. The SMILES string of the molecule is O=S(=O)(CCc1ccccn1)NCC1(CO)CCCCC1. The van der Waals surface area contributed by atoms with Crippen molar-refractivity contribution in [3.8, 4) is 0 Å². The van der Waals surface area contributed by atoms with E-state index in [-0.39, 0.29) is 17.8 Å². The van der Waals surface area contributed by atoms with Crippen LogP contribution in [0.4, 0.5) is 0 Å². The van der Waals surface area contributed by atoms with Gasteiger partial charge in [0.1, 0.15) is 0 Å². The zero-order valence-electron chi connectivity index (χ0n) is 12.3. The van der Waals surface area contributed by atoms with Gasteiger partial charge in [-0.15, -0.1) is 0 Å². The predicted molar refractivity (Wildman–Crippen MR) is 82.3 cm³/mol. The van der Waals surface area contributed by atoms with E-state index in [1.54, 1.807) is 6.20 Å². The molecule has 0 spiro atoms. The fourth-order valence-corrected chi connectivity index (χ4v) is 3.96. The van der Waals surface area contributed by atoms with Crippen LogP contribution in [0.1, 0.15) is 37.8 Å². The average molecular weight is 312 g/mol. The van der Waals surface area contributed by atoms with Crippen molar-refractivity contribution in [2.75, 3.05) is 18.9 Å². The number of aromatic nitrogens is 1. The molecule has 6 heteroatoms. The summed E-state index contributed by atoms with van der Waals surface area (Å²) >= 11 is 0. The topological polar surface area (TPSA) is 79.3 Å². The zero-order valence-corrected chi connectivity index (χ0v) is 13.1. The minimum absolute atomic E-state index is 0.0333. The maximum atomic E-state index is 12.1. The highest BCUT2D eigenvalue weighted by Crippen LogP contribution is 2.35. The molecule has 0 radical (unpaired) electrons. The van der Waals surface area contributed by atoms with E-state index in [9.17, 15) is 13.5 Å². The van der Waals surface area contributed by atoms with Gasteiger partial charge in [0, 0.05) is 36.9 Å². The van der Waals surface area contributed by atoms with Crippen molar-refractivity contribution in [2.45, 2.75) is 38.5 Å². The molecule has 5 nitrogen and oxygen atoms in total. The minimum Gasteiger partial charge on any atom is -0.396 e. The maximum Gasteiger partial charge on any atom is 0.211 e. The molecule has 1 fully saturated rings. The van der Waals surface area contributed by atoms with Crippen LogP contribution in [0.15, 0.2) is 24.4 Å². The lowest BCUT2D eigenvalue weighted by Crippen LogP contribution is -2.42. The first-order chi connectivity index (χ1) is 10.1. The summed E-state index contributed by atoms with van der Waals surface area (Å²) in [7, 11) is -3.33. The molecule has 0 bridgehead atoms. The Morgan fingerprint density at radius 1 is 1.24 bits per heavy atom. The molecule has 118 valence electrons. The summed E-state index contributed by atoms with van der Waals surface area (Å²) in [6.07, 6.45) is 7.17. The van der Waals surface area contributed by atoms with E-state index in [4.69, 9.17) is 0 Å². The molecular weight excluding hydrogens is 288 g/mol. The molecule has 1 aromatic heterocycles. The largest absolute Gasteiger partial charge is 0.396 e. The van der Waals surface area contributed by atoms with Crippen LogP contribution in [0, 0.1) is 5.41 Å². The smallest absolute Gasteiger partial charge is 0.211 e. The number of hydrogen-bond donors (Lipinski definition) is 2. The lowest BCUT2D eigenvalue weighted by molar-refractivity contribution is 0.0867. The number of aryl methyl sites for hydroxylation is 1. The zero-order chi connectivity index (χ0) is 15.2. The first kappa shape index (κ1) is 16.4. The van der Waals surface area contributed by atoms with Gasteiger partial charge in [0.2, 0.25) is 10.0 Å². The van der Waals surface area contributed by atoms with Crippen molar-refractivity contribution in [1.29, 1.82) is 0 Å². The molecule has 1 heterocycles. The number of aliphatic hydroxyl groups is 1. The predicted octanol–water partition coefficient (Wildman–Crippen LogP) is 1.49. The second-order valence-corrected chi connectivity index (χ2v) is 7.86. The molecule has 1 aromatic rings. The molecule has 0 unspecified atom stereocenters. The third-order valence-electron chi connectivity index (χ3n) is 4.27. The van der Waals surface area contributed by atoms with Crippen LogP contribution < -0.4 is 4.72 Å². The summed E-state index contributed by atoms with van der Waals surface area (Å²) in [5, 5.41) is 9.60. The van der Waals surface area contributed by atoms with E-state index in [1.165, 1.54) is 6.42 Å². The van der Waals surface area contributed by atoms with Crippen LogP contribution in [0.5, 0.6) is 0 Å². The standard InChI is InChI=1S/C15H24N2O3S/c18-13-15(8-3-1-4-9-15)12-17-21(19,20)11-7-14-6-2-5-10-16-14/h2,5-6,10,17-18H,1,3-4,7-9,11-13H2. The van der Waals surface area contributed by atoms with Crippen LogP contribution in [0.3, 0.4) is 0 Å². The second-order valence-electron chi connectivity index (χ2n) is 5.93. The molecule has 2 N–H and O–H groups in total. The Labute approximate surface area is 126 Å². The van der Waals surface area contributed by atoms with Gasteiger partial charge in [-0.25, -0.2) is 13.1 Å². The summed E-state index contributed by atoms with van der Waals surface area (Å²) in [5.41, 5.74) is 0.508. The van der Waals surface area contributed by atoms with Gasteiger partial charge in [-0.05, 0) is 25.0 Å². The highest BCUT2D eigenvalue weighted by atomic mass is 32.2. The number of hydrogen-bond acceptors (Lipinski definition) is 4. The Morgan fingerprint density at radius 2 is 2.00 bits per heavy atom. The fraction of sp³-hybridized carbons (Fsp3) is 0.667. The Morgan fingerprint density at radius 3 is 2.62 bits per heavy atom. The van der Waals surface area contributed by atoms with Gasteiger partial charge < -0.3 is 5.11 Å². The average Bonchev–Trinajstić information content (AvgIpc) is 2.53. The molecule has 0 atom stereocenters. The van der Waals surface area contributed by atoms with Gasteiger partial charge in [0.15, 0.2) is 0 Å². The Hall–Kier alpha value is -0.980. The third kappa shape index (κ3) is 5.05. The van der Waals surface area contributed by atoms with Crippen LogP contribution in [0.2, 0.25) is 0 Å². The van der Waals surface area contributed by atoms with Gasteiger partial charge >= 0.3 is 0 Å². The van der Waals surface area contributed by atoms with Crippen molar-refractivity contribution in [3.05, 3.63) is 30.1 Å². The first-order valence-corrected chi connectivity index (χ1v) is 9.19. The Bertz CT molecular complexity index is 525. The molecule has 0 aliphatic heterocycles. The van der Waals surface area contributed by atoms with Gasteiger partial charge in [-0.1, -0.05) is 25.3 Å². The molecule has 0 amide bonds. The van der Waals surface area contributed by atoms with Crippen molar-refractivity contribution in [2.24, 2.45) is 5.41 Å². The van der Waals surface area contributed by atoms with Crippen LogP contribution in [-0.2, 0) is 16.4 Å². The monoisotopic (exact) mass is 312 g/mol. The van der Waals surface area contributed by atoms with E-state index in [0.717, 1.165) is 31.4 Å². The lowest BCUT2D eigenvalue weighted by Gasteiger charge is -2.35. The molecule has 1 aliphatic rings. The fourth-order valence-electron chi connectivity index (χ4n) is 2.81. The van der Waals surface area contributed by atoms with E-state index < -0.39 is 10.0 Å². The molecule has 21 heavy (non-hydrogen) atoms. The summed E-state index contributed by atoms with van der Waals surface area (Å²) in [6, 6.07) is 5.49. The van der Waals surface area contributed by atoms with Gasteiger partial charge in [-0.2, -0.15) is 0 Å². The number of nitrogens with one attached hydrogen (secondary N) is 1. The Balaban J connectivity index is 1.85. The lowest BCUT2D eigenvalue weighted by atomic mass is 9.75. The molecule has 1 aliphatic carbocycles. The van der Waals surface area contributed by atoms with Crippen molar-refractivity contribution >= 4 is 10.0 Å². The Kier molecular flexibility index (Phi) is 5.72. The van der Waals surface area contributed by atoms with Gasteiger partial charge in [0.25, 0.3) is 0 Å². The number of rotatable bonds is 7. The van der Waals surface area contributed by atoms with Crippen molar-refractivity contribution < 1.29 is 13.5 Å². The number of nitrogens with zero attached hydrogens (tertiary/aromatic N) is 1. The molecule has 2 rings (SSSR count). The van der Waals surface area contributed by atoms with Crippen LogP contribution >= 0.6 is 0 Å². The molecular formula is C15H24N2O3S. The maximum absolute atomic E-state index is 12.1. The quantitative estimate of drug-likeness (QED) is 0.799. The molecule has 0 saturated heterocycles. The minimum atomic E-state index is -3.33. The highest BCUT2D eigenvalue weighted by Gasteiger charge is 2.32. The number of sulfonamides is 1. The van der Waals surface area contributed by atoms with Crippen LogP contribution in [0.25, 0.3) is 0 Å². The summed E-state index contributed by atoms with van der Waals surface area (Å²) < 4.78 is 26.8. The summed E-state index contributed by atoms with van der Waals surface area (Å²) in [6.45, 7) is 0.393. The molecule has 1 saturated carbocycles. The van der Waals surface area contributed by atoms with E-state index in [1.807, 2.05) is 18.2 Å². The summed E-state index contributed by atoms with van der Waals surface area (Å²) in [4.78, 5) is 4.13. The normalized spacial score (nSPS) is 18.5.